The van der Waals surface area contributed by atoms with Crippen LogP contribution in [0.4, 0.5) is 8.78 Å². The van der Waals surface area contributed by atoms with Crippen LogP contribution in [0.5, 0.6) is 0 Å². The Balaban J connectivity index is 1.57. The highest BCUT2D eigenvalue weighted by Gasteiger charge is 2.37. The van der Waals surface area contributed by atoms with E-state index in [4.69, 9.17) is 0 Å². The Morgan fingerprint density at radius 1 is 0.969 bits per heavy atom. The number of fused-ring (bicyclic) bond motifs is 1. The maximum absolute atomic E-state index is 14.1. The molecule has 1 N–H and O–H groups in total. The van der Waals surface area contributed by atoms with Gasteiger partial charge < -0.3 is 5.32 Å². The molecule has 1 saturated heterocycles. The number of allylic oxidation sites excluding steroid dienone is 2. The van der Waals surface area contributed by atoms with E-state index in [2.05, 4.69) is 44.4 Å². The Hall–Kier alpha value is -3.30. The number of benzene rings is 1. The van der Waals surface area contributed by atoms with Gasteiger partial charge in [-0.15, -0.1) is 0 Å². The van der Waals surface area contributed by atoms with Crippen molar-refractivity contribution in [1.82, 2.24) is 35.5 Å². The number of piperazine rings is 1. The van der Waals surface area contributed by atoms with E-state index < -0.39 is 11.6 Å². The van der Waals surface area contributed by atoms with E-state index in [0.29, 0.717) is 17.3 Å². The Morgan fingerprint density at radius 2 is 1.72 bits per heavy atom. The van der Waals surface area contributed by atoms with Gasteiger partial charge in [-0.2, -0.15) is 15.2 Å². The van der Waals surface area contributed by atoms with E-state index in [0.717, 1.165) is 49.3 Å². The molecule has 32 heavy (non-hydrogen) atoms. The normalized spacial score (nSPS) is 19.5. The molecule has 0 saturated carbocycles. The first-order valence-electron chi connectivity index (χ1n) is 10.7. The maximum atomic E-state index is 14.1. The van der Waals surface area contributed by atoms with Crippen molar-refractivity contribution in [2.24, 2.45) is 0 Å². The number of nitrogens with one attached hydrogen (secondary N) is 1. The van der Waals surface area contributed by atoms with Crippen LogP contribution in [0.25, 0.3) is 11.4 Å². The summed E-state index contributed by atoms with van der Waals surface area (Å²) in [6.45, 7) is 8.06. The van der Waals surface area contributed by atoms with Gasteiger partial charge in [-0.1, -0.05) is 0 Å². The summed E-state index contributed by atoms with van der Waals surface area (Å²) in [5.41, 5.74) is 2.58. The molecule has 3 aliphatic rings. The van der Waals surface area contributed by atoms with Gasteiger partial charge in [-0.25, -0.2) is 18.9 Å². The molecule has 0 amide bonds. The summed E-state index contributed by atoms with van der Waals surface area (Å²) in [5.74, 6) is -0.453. The minimum Gasteiger partial charge on any atom is -0.338 e. The molecule has 9 heteroatoms. The van der Waals surface area contributed by atoms with E-state index in [1.54, 1.807) is 12.4 Å². The van der Waals surface area contributed by atoms with Crippen LogP contribution >= 0.6 is 0 Å². The van der Waals surface area contributed by atoms with Crippen molar-refractivity contribution in [1.29, 1.82) is 0 Å². The topological polar surface area (TPSA) is 50.8 Å². The zero-order chi connectivity index (χ0) is 22.2. The van der Waals surface area contributed by atoms with Gasteiger partial charge in [0.2, 0.25) is 0 Å². The second-order valence-corrected chi connectivity index (χ2v) is 8.25. The van der Waals surface area contributed by atoms with E-state index in [9.17, 15) is 8.78 Å². The molecule has 0 radical (unpaired) electrons. The third-order valence-corrected chi connectivity index (χ3v) is 5.93. The van der Waals surface area contributed by atoms with Crippen LogP contribution in [0, 0.1) is 11.6 Å². The number of halogens is 2. The molecule has 0 bridgehead atoms. The zero-order valence-corrected chi connectivity index (χ0v) is 18.0. The summed E-state index contributed by atoms with van der Waals surface area (Å²) < 4.78 is 28.1. The third kappa shape index (κ3) is 3.74. The van der Waals surface area contributed by atoms with E-state index >= 15 is 0 Å². The zero-order valence-electron chi connectivity index (χ0n) is 18.0. The molecule has 0 atom stereocenters. The van der Waals surface area contributed by atoms with Crippen molar-refractivity contribution in [3.8, 4) is 0 Å². The lowest BCUT2D eigenvalue weighted by Crippen LogP contribution is -2.57. The van der Waals surface area contributed by atoms with Gasteiger partial charge in [0, 0.05) is 55.6 Å². The molecule has 166 valence electrons. The summed E-state index contributed by atoms with van der Waals surface area (Å²) in [7, 11) is 0. The van der Waals surface area contributed by atoms with Crippen LogP contribution < -0.4 is 5.32 Å². The van der Waals surface area contributed by atoms with Gasteiger partial charge in [0.25, 0.3) is 0 Å². The maximum Gasteiger partial charge on any atom is 0.132 e. The summed E-state index contributed by atoms with van der Waals surface area (Å²) in [6.07, 6.45) is 9.17. The second kappa shape index (κ2) is 8.33. The average Bonchev–Trinajstić information content (AvgIpc) is 3.19. The molecule has 3 aliphatic heterocycles. The molecule has 5 rings (SSSR count). The van der Waals surface area contributed by atoms with Crippen molar-refractivity contribution >= 4 is 11.4 Å². The first-order chi connectivity index (χ1) is 15.5. The van der Waals surface area contributed by atoms with Crippen molar-refractivity contribution in [2.75, 3.05) is 26.2 Å². The van der Waals surface area contributed by atoms with Gasteiger partial charge in [0.05, 0.1) is 23.8 Å². The van der Waals surface area contributed by atoms with Crippen LogP contribution in [0.2, 0.25) is 0 Å². The predicted octanol–water partition coefficient (Wildman–Crippen LogP) is 3.01. The molecule has 1 fully saturated rings. The van der Waals surface area contributed by atoms with Crippen molar-refractivity contribution in [3.05, 3.63) is 83.6 Å². The first kappa shape index (κ1) is 20.6. The van der Waals surface area contributed by atoms with E-state index in [-0.39, 0.29) is 0 Å². The third-order valence-electron chi connectivity index (χ3n) is 5.93. The number of hydrazine groups is 2. The summed E-state index contributed by atoms with van der Waals surface area (Å²) in [5, 5.41) is 17.7. The van der Waals surface area contributed by atoms with Crippen LogP contribution in [0.3, 0.4) is 0 Å². The number of aromatic nitrogens is 2. The lowest BCUT2D eigenvalue weighted by atomic mass is 10.1. The van der Waals surface area contributed by atoms with Crippen molar-refractivity contribution in [2.45, 2.75) is 19.9 Å². The molecular formula is C23H25F2N7. The predicted molar refractivity (Wildman–Crippen MR) is 118 cm³/mol. The van der Waals surface area contributed by atoms with E-state index in [1.807, 2.05) is 29.4 Å². The number of rotatable bonds is 4. The summed E-state index contributed by atoms with van der Waals surface area (Å²) >= 11 is 0. The molecular weight excluding hydrogens is 412 g/mol. The standard InChI is InChI=1S/C23H25F2N7/c1-16(2)29-8-10-30(11-9-29)31-7-3-4-21-28-22(18-12-19(24)14-20(25)13-18)23(32(21)31)17-5-6-26-27-15-17/h3-7,12-16,28H,8-11H2,1-2H3. The molecule has 4 heterocycles. The molecule has 1 aromatic heterocycles. The first-order valence-corrected chi connectivity index (χ1v) is 10.7. The van der Waals surface area contributed by atoms with Crippen LogP contribution in [-0.4, -0.2) is 62.5 Å². The Bertz CT molecular complexity index is 1070. The Kier molecular flexibility index (Phi) is 5.36. The van der Waals surface area contributed by atoms with Gasteiger partial charge in [-0.3, -0.25) is 4.90 Å². The van der Waals surface area contributed by atoms with Gasteiger partial charge in [-0.05, 0) is 44.2 Å². The molecule has 2 aromatic rings. The number of hydrogen-bond donors (Lipinski definition) is 1. The lowest BCUT2D eigenvalue weighted by molar-refractivity contribution is -0.119. The minimum atomic E-state index is -0.625. The minimum absolute atomic E-state index is 0.425. The Labute approximate surface area is 185 Å². The monoisotopic (exact) mass is 437 g/mol. The molecule has 7 nitrogen and oxygen atoms in total. The lowest BCUT2D eigenvalue weighted by Gasteiger charge is -2.46. The van der Waals surface area contributed by atoms with Gasteiger partial charge in [0.15, 0.2) is 0 Å². The second-order valence-electron chi connectivity index (χ2n) is 8.25. The fraction of sp³-hybridized carbons (Fsp3) is 0.304. The number of hydrogen-bond acceptors (Lipinski definition) is 7. The SMILES string of the molecule is CC(C)N1CCN(N2C=CC=C3NC(c4cc(F)cc(F)c4)=C(c4ccnnc4)N32)CC1. The molecule has 0 unspecified atom stereocenters. The highest BCUT2D eigenvalue weighted by atomic mass is 19.1. The average molecular weight is 437 g/mol. The highest BCUT2D eigenvalue weighted by Crippen LogP contribution is 2.39. The largest absolute Gasteiger partial charge is 0.338 e. The number of nitrogens with zero attached hydrogens (tertiary/aromatic N) is 6. The highest BCUT2D eigenvalue weighted by molar-refractivity contribution is 5.92. The van der Waals surface area contributed by atoms with E-state index in [1.165, 1.54) is 12.1 Å². The van der Waals surface area contributed by atoms with Gasteiger partial charge in [0.1, 0.15) is 17.5 Å². The quantitative estimate of drug-likeness (QED) is 0.789. The molecule has 0 spiro atoms. The van der Waals surface area contributed by atoms with Crippen LogP contribution in [-0.2, 0) is 0 Å². The van der Waals surface area contributed by atoms with Gasteiger partial charge >= 0.3 is 0 Å². The fourth-order valence-electron chi connectivity index (χ4n) is 4.33. The van der Waals surface area contributed by atoms with Crippen LogP contribution in [0.15, 0.2) is 60.8 Å². The summed E-state index contributed by atoms with van der Waals surface area (Å²) in [4.78, 5) is 2.45. The van der Waals surface area contributed by atoms with Crippen molar-refractivity contribution in [3.63, 3.8) is 0 Å². The smallest absolute Gasteiger partial charge is 0.132 e. The molecule has 1 aromatic carbocycles. The summed E-state index contributed by atoms with van der Waals surface area (Å²) in [6, 6.07) is 5.89. The van der Waals surface area contributed by atoms with Crippen molar-refractivity contribution < 1.29 is 8.78 Å². The fourth-order valence-corrected chi connectivity index (χ4v) is 4.33. The molecule has 0 aliphatic carbocycles. The van der Waals surface area contributed by atoms with Crippen LogP contribution in [0.1, 0.15) is 25.0 Å². The Morgan fingerprint density at radius 3 is 2.38 bits per heavy atom.